The first-order chi connectivity index (χ1) is 16.8. The van der Waals surface area contributed by atoms with Crippen LogP contribution in [0.2, 0.25) is 5.15 Å². The molecule has 176 valence electrons. The van der Waals surface area contributed by atoms with Gasteiger partial charge in [-0.1, -0.05) is 17.7 Å². The lowest BCUT2D eigenvalue weighted by atomic mass is 9.88. The number of anilines is 1. The summed E-state index contributed by atoms with van der Waals surface area (Å²) in [5.41, 5.74) is 10.8. The van der Waals surface area contributed by atoms with E-state index in [1.54, 1.807) is 47.3 Å². The highest BCUT2D eigenvalue weighted by Crippen LogP contribution is 2.38. The fraction of sp³-hybridized carbons (Fsp3) is 0.120. The van der Waals surface area contributed by atoms with Crippen molar-refractivity contribution in [1.82, 2.24) is 14.8 Å². The lowest BCUT2D eigenvalue weighted by Gasteiger charge is -2.20. The third-order valence-electron chi connectivity index (χ3n) is 5.90. The topological polar surface area (TPSA) is 120 Å². The van der Waals surface area contributed by atoms with Crippen LogP contribution in [0.25, 0.3) is 16.9 Å². The van der Waals surface area contributed by atoms with E-state index in [2.05, 4.69) is 15.4 Å². The number of halogens is 1. The molecule has 0 spiro atoms. The smallest absolute Gasteiger partial charge is 0.269 e. The predicted molar refractivity (Wildman–Crippen MR) is 134 cm³/mol. The number of carbonyl (C=O) groups is 2. The maximum atomic E-state index is 12.8. The van der Waals surface area contributed by atoms with Crippen LogP contribution in [0, 0.1) is 0 Å². The number of hydrogen-bond acceptors (Lipinski definition) is 5. The minimum atomic E-state index is -1.12. The molecule has 8 nitrogen and oxygen atoms in total. The number of primary amides is 1. The summed E-state index contributed by atoms with van der Waals surface area (Å²) in [5.74, 6) is -0.987. The molecule has 1 aliphatic carbocycles. The summed E-state index contributed by atoms with van der Waals surface area (Å²) in [7, 11) is -1.12. The van der Waals surface area contributed by atoms with Gasteiger partial charge in [0.2, 0.25) is 0 Å². The number of nitrogens with two attached hydrogens (primary N) is 1. The highest BCUT2D eigenvalue weighted by Gasteiger charge is 2.28. The minimum absolute atomic E-state index is 0.117. The molecule has 0 saturated heterocycles. The Morgan fingerprint density at radius 2 is 1.89 bits per heavy atom. The lowest BCUT2D eigenvalue weighted by molar-refractivity contribution is 0.0992. The molecule has 35 heavy (non-hydrogen) atoms. The fourth-order valence-corrected chi connectivity index (χ4v) is 4.96. The Morgan fingerprint density at radius 1 is 1.11 bits per heavy atom. The maximum Gasteiger partial charge on any atom is 0.269 e. The van der Waals surface area contributed by atoms with Gasteiger partial charge < -0.3 is 11.1 Å². The van der Waals surface area contributed by atoms with Gasteiger partial charge >= 0.3 is 0 Å². The molecule has 0 aliphatic heterocycles. The summed E-state index contributed by atoms with van der Waals surface area (Å²) in [4.78, 5) is 29.6. The van der Waals surface area contributed by atoms with Gasteiger partial charge in [0.1, 0.15) is 5.15 Å². The van der Waals surface area contributed by atoms with Gasteiger partial charge in [-0.25, -0.2) is 9.67 Å². The van der Waals surface area contributed by atoms with Crippen LogP contribution in [0.4, 0.5) is 5.69 Å². The monoisotopic (exact) mass is 505 g/mol. The van der Waals surface area contributed by atoms with Gasteiger partial charge in [-0.05, 0) is 66.9 Å². The van der Waals surface area contributed by atoms with Gasteiger partial charge in [0.25, 0.3) is 11.8 Å². The predicted octanol–water partition coefficient (Wildman–Crippen LogP) is 3.77. The average Bonchev–Trinajstić information content (AvgIpc) is 3.25. The van der Waals surface area contributed by atoms with Crippen molar-refractivity contribution in [2.24, 2.45) is 5.73 Å². The second-order valence-electron chi connectivity index (χ2n) is 8.07. The molecule has 2 aromatic carbocycles. The van der Waals surface area contributed by atoms with E-state index in [9.17, 15) is 13.8 Å². The van der Waals surface area contributed by atoms with Crippen molar-refractivity contribution in [2.45, 2.75) is 17.7 Å². The zero-order valence-corrected chi connectivity index (χ0v) is 20.2. The molecular weight excluding hydrogens is 486 g/mol. The SMILES string of the molecule is CS(=O)c1ccc(-n2nc(C(N)=O)c3c2-c2cc(NC(=O)c4cccnc4Cl)ccc2CC3)cc1. The molecule has 0 bridgehead atoms. The van der Waals surface area contributed by atoms with E-state index in [1.165, 1.54) is 6.20 Å². The number of pyridine rings is 1. The second kappa shape index (κ2) is 9.09. The van der Waals surface area contributed by atoms with Crippen molar-refractivity contribution in [1.29, 1.82) is 0 Å². The minimum Gasteiger partial charge on any atom is -0.364 e. The zero-order valence-electron chi connectivity index (χ0n) is 18.6. The molecule has 0 radical (unpaired) electrons. The summed E-state index contributed by atoms with van der Waals surface area (Å²) in [6.07, 6.45) is 4.43. The van der Waals surface area contributed by atoms with Crippen LogP contribution < -0.4 is 11.1 Å². The second-order valence-corrected chi connectivity index (χ2v) is 9.81. The van der Waals surface area contributed by atoms with Crippen LogP contribution in [0.15, 0.2) is 65.7 Å². The Morgan fingerprint density at radius 3 is 2.57 bits per heavy atom. The molecule has 1 unspecified atom stereocenters. The maximum absolute atomic E-state index is 12.8. The third-order valence-corrected chi connectivity index (χ3v) is 7.14. The van der Waals surface area contributed by atoms with E-state index in [-0.39, 0.29) is 22.3 Å². The normalized spacial score (nSPS) is 13.0. The molecule has 1 atom stereocenters. The standard InChI is InChI=1S/C25H20ClN5O3S/c1-35(34)17-9-7-16(8-10-17)31-22-18(21(30-31)24(27)32)11-5-14-4-6-15(13-20(14)22)29-25(33)19-3-2-12-28-23(19)26/h2-4,6-10,12-13H,5,11H2,1H3,(H2,27,32)(H,29,33). The van der Waals surface area contributed by atoms with Crippen LogP contribution in [-0.2, 0) is 23.6 Å². The van der Waals surface area contributed by atoms with Crippen LogP contribution in [0.3, 0.4) is 0 Å². The Kier molecular flexibility index (Phi) is 5.96. The Hall–Kier alpha value is -3.82. The van der Waals surface area contributed by atoms with Crippen LogP contribution in [0.1, 0.15) is 32.0 Å². The highest BCUT2D eigenvalue weighted by molar-refractivity contribution is 7.84. The Labute approximate surface area is 208 Å². The molecule has 10 heteroatoms. The lowest BCUT2D eigenvalue weighted by Crippen LogP contribution is -2.16. The molecular formula is C25H20ClN5O3S. The molecule has 3 N–H and O–H groups in total. The number of aryl methyl sites for hydroxylation is 1. The number of nitrogens with one attached hydrogen (secondary N) is 1. The van der Waals surface area contributed by atoms with Crippen molar-refractivity contribution in [2.75, 3.05) is 11.6 Å². The molecule has 2 aromatic heterocycles. The van der Waals surface area contributed by atoms with E-state index in [0.29, 0.717) is 29.1 Å². The van der Waals surface area contributed by atoms with Crippen LogP contribution >= 0.6 is 11.6 Å². The number of fused-ring (bicyclic) bond motifs is 3. The molecule has 2 amide bonds. The zero-order chi connectivity index (χ0) is 24.7. The molecule has 0 saturated carbocycles. The molecule has 2 heterocycles. The first-order valence-electron chi connectivity index (χ1n) is 10.7. The number of carbonyl (C=O) groups excluding carboxylic acids is 2. The molecule has 5 rings (SSSR count). The van der Waals surface area contributed by atoms with E-state index in [1.807, 2.05) is 18.2 Å². The average molecular weight is 506 g/mol. The third kappa shape index (κ3) is 4.24. The summed E-state index contributed by atoms with van der Waals surface area (Å²) >= 11 is 6.07. The Bertz CT molecular complexity index is 1510. The van der Waals surface area contributed by atoms with E-state index in [0.717, 1.165) is 22.4 Å². The number of rotatable bonds is 5. The molecule has 1 aliphatic rings. The van der Waals surface area contributed by atoms with Crippen molar-refractivity contribution in [3.63, 3.8) is 0 Å². The Balaban J connectivity index is 1.60. The van der Waals surface area contributed by atoms with E-state index in [4.69, 9.17) is 17.3 Å². The van der Waals surface area contributed by atoms with Crippen molar-refractivity contribution in [3.05, 3.63) is 88.3 Å². The van der Waals surface area contributed by atoms with Gasteiger partial charge in [-0.2, -0.15) is 5.10 Å². The van der Waals surface area contributed by atoms with Gasteiger partial charge in [0.05, 0.1) is 16.9 Å². The van der Waals surface area contributed by atoms with Gasteiger partial charge in [0, 0.05) is 45.0 Å². The summed E-state index contributed by atoms with van der Waals surface area (Å²) in [6, 6.07) is 16.0. The molecule has 4 aromatic rings. The van der Waals surface area contributed by atoms with Crippen molar-refractivity contribution >= 4 is 39.9 Å². The number of aromatic nitrogens is 3. The van der Waals surface area contributed by atoms with Gasteiger partial charge in [-0.15, -0.1) is 0 Å². The van der Waals surface area contributed by atoms with Crippen molar-refractivity contribution in [3.8, 4) is 16.9 Å². The van der Waals surface area contributed by atoms with Crippen LogP contribution in [-0.4, -0.2) is 37.0 Å². The number of nitrogens with zero attached hydrogens (tertiary/aromatic N) is 3. The quantitative estimate of drug-likeness (QED) is 0.400. The first kappa shape index (κ1) is 22.9. The van der Waals surface area contributed by atoms with Gasteiger partial charge in [0.15, 0.2) is 5.69 Å². The van der Waals surface area contributed by atoms with Gasteiger partial charge in [-0.3, -0.25) is 13.8 Å². The summed E-state index contributed by atoms with van der Waals surface area (Å²) in [5, 5.41) is 7.52. The largest absolute Gasteiger partial charge is 0.364 e. The van der Waals surface area contributed by atoms with E-state index < -0.39 is 16.7 Å². The van der Waals surface area contributed by atoms with Crippen molar-refractivity contribution < 1.29 is 13.8 Å². The highest BCUT2D eigenvalue weighted by atomic mass is 35.5. The summed E-state index contributed by atoms with van der Waals surface area (Å²) < 4.78 is 13.5. The van der Waals surface area contributed by atoms with E-state index >= 15 is 0 Å². The number of amides is 2. The fourth-order valence-electron chi connectivity index (χ4n) is 4.23. The first-order valence-corrected chi connectivity index (χ1v) is 12.7. The number of hydrogen-bond donors (Lipinski definition) is 2. The number of benzene rings is 2. The summed E-state index contributed by atoms with van der Waals surface area (Å²) in [6.45, 7) is 0. The van der Waals surface area contributed by atoms with Crippen LogP contribution in [0.5, 0.6) is 0 Å². The molecule has 0 fully saturated rings.